The van der Waals surface area contributed by atoms with E-state index in [1.165, 1.54) is 6.42 Å². The Kier molecular flexibility index (Phi) is 5.87. The maximum Gasteiger partial charge on any atom is 0.263 e. The minimum absolute atomic E-state index is 0.0566. The van der Waals surface area contributed by atoms with Crippen LogP contribution in [0.2, 0.25) is 5.02 Å². The van der Waals surface area contributed by atoms with Gasteiger partial charge in [-0.05, 0) is 30.5 Å². The molecule has 1 fully saturated rings. The van der Waals surface area contributed by atoms with E-state index in [9.17, 15) is 14.9 Å². The average molecular weight is 420 g/mol. The first-order chi connectivity index (χ1) is 14.6. The van der Waals surface area contributed by atoms with Crippen LogP contribution in [0.3, 0.4) is 0 Å². The van der Waals surface area contributed by atoms with Crippen LogP contribution in [0, 0.1) is 11.3 Å². The molecule has 0 bridgehead atoms. The molecule has 1 N–H and O–H groups in total. The van der Waals surface area contributed by atoms with Gasteiger partial charge in [0.25, 0.3) is 11.8 Å². The molecule has 4 rings (SSSR count). The topological polar surface area (TPSA) is 73.2 Å². The summed E-state index contributed by atoms with van der Waals surface area (Å²) in [4.78, 5) is 27.9. The highest BCUT2D eigenvalue weighted by atomic mass is 35.5. The Balaban J connectivity index is 1.70. The molecule has 2 amide bonds. The monoisotopic (exact) mass is 419 g/mol. The van der Waals surface area contributed by atoms with E-state index in [2.05, 4.69) is 5.32 Å². The van der Waals surface area contributed by atoms with Crippen LogP contribution in [0.15, 0.2) is 54.1 Å². The number of halogens is 1. The van der Waals surface area contributed by atoms with Gasteiger partial charge < -0.3 is 10.2 Å². The predicted octanol–water partition coefficient (Wildman–Crippen LogP) is 4.61. The molecule has 0 aromatic heterocycles. The van der Waals surface area contributed by atoms with Gasteiger partial charge >= 0.3 is 0 Å². The fourth-order valence-corrected chi connectivity index (χ4v) is 4.40. The van der Waals surface area contributed by atoms with Crippen LogP contribution in [-0.4, -0.2) is 17.9 Å². The summed E-state index contributed by atoms with van der Waals surface area (Å²) in [5.74, 6) is -0.825. The number of nitrogens with one attached hydrogen (secondary N) is 1. The molecule has 30 heavy (non-hydrogen) atoms. The molecule has 0 unspecified atom stereocenters. The van der Waals surface area contributed by atoms with Gasteiger partial charge in [0.2, 0.25) is 0 Å². The first-order valence-corrected chi connectivity index (χ1v) is 10.6. The van der Waals surface area contributed by atoms with E-state index in [1.807, 2.05) is 36.4 Å². The lowest BCUT2D eigenvalue weighted by atomic mass is 9.94. The Morgan fingerprint density at radius 2 is 1.80 bits per heavy atom. The van der Waals surface area contributed by atoms with E-state index < -0.39 is 5.91 Å². The molecule has 1 aliphatic carbocycles. The Bertz CT molecular complexity index is 1060. The SMILES string of the molecule is N#C/C(C(=O)NC1CCCCC1)=C1\C(=O)N(Cc2ccccc2Cl)c2ccccc21. The second kappa shape index (κ2) is 8.73. The Morgan fingerprint density at radius 3 is 2.53 bits per heavy atom. The summed E-state index contributed by atoms with van der Waals surface area (Å²) < 4.78 is 0. The number of para-hydroxylation sites is 1. The number of rotatable bonds is 4. The number of hydrogen-bond donors (Lipinski definition) is 1. The molecular weight excluding hydrogens is 398 g/mol. The van der Waals surface area contributed by atoms with Crippen molar-refractivity contribution in [3.8, 4) is 6.07 Å². The van der Waals surface area contributed by atoms with Crippen molar-refractivity contribution >= 4 is 34.7 Å². The molecule has 6 heteroatoms. The Morgan fingerprint density at radius 1 is 1.10 bits per heavy atom. The van der Waals surface area contributed by atoms with Crippen LogP contribution in [0.25, 0.3) is 5.57 Å². The normalized spacial score (nSPS) is 18.0. The van der Waals surface area contributed by atoms with Crippen molar-refractivity contribution in [2.24, 2.45) is 0 Å². The molecule has 0 radical (unpaired) electrons. The summed E-state index contributed by atoms with van der Waals surface area (Å²) >= 11 is 6.30. The Hall–Kier alpha value is -3.10. The van der Waals surface area contributed by atoms with Crippen molar-refractivity contribution in [1.82, 2.24) is 5.32 Å². The highest BCUT2D eigenvalue weighted by molar-refractivity contribution is 6.37. The minimum Gasteiger partial charge on any atom is -0.349 e. The summed E-state index contributed by atoms with van der Waals surface area (Å²) in [6.07, 6.45) is 5.11. The van der Waals surface area contributed by atoms with Gasteiger partial charge in [0, 0.05) is 16.6 Å². The Labute approximate surface area is 180 Å². The van der Waals surface area contributed by atoms with Gasteiger partial charge in [-0.15, -0.1) is 0 Å². The second-order valence-corrected chi connectivity index (χ2v) is 8.08. The van der Waals surface area contributed by atoms with Gasteiger partial charge in [0.1, 0.15) is 11.6 Å². The van der Waals surface area contributed by atoms with Gasteiger partial charge in [0.15, 0.2) is 0 Å². The standard InChI is InChI=1S/C24H22ClN3O2/c25-20-12-6-4-8-16(20)15-28-21-13-7-5-11-18(21)22(24(28)30)19(14-26)23(29)27-17-9-2-1-3-10-17/h4-8,11-13,17H,1-3,9-10,15H2,(H,27,29)/b22-19+. The zero-order chi connectivity index (χ0) is 21.1. The van der Waals surface area contributed by atoms with Gasteiger partial charge in [-0.25, -0.2) is 0 Å². The summed E-state index contributed by atoms with van der Waals surface area (Å²) in [5, 5.41) is 13.3. The number of amides is 2. The van der Waals surface area contributed by atoms with Crippen LogP contribution < -0.4 is 10.2 Å². The first kappa shape index (κ1) is 20.2. The highest BCUT2D eigenvalue weighted by Gasteiger charge is 2.37. The van der Waals surface area contributed by atoms with Crippen molar-refractivity contribution in [3.05, 3.63) is 70.3 Å². The smallest absolute Gasteiger partial charge is 0.263 e. The lowest BCUT2D eigenvalue weighted by Gasteiger charge is -2.22. The predicted molar refractivity (Wildman–Crippen MR) is 117 cm³/mol. The van der Waals surface area contributed by atoms with E-state index in [-0.39, 0.29) is 29.6 Å². The molecule has 5 nitrogen and oxygen atoms in total. The molecule has 2 aromatic carbocycles. The molecule has 1 heterocycles. The quantitative estimate of drug-likeness (QED) is 0.580. The van der Waals surface area contributed by atoms with Gasteiger partial charge in [0.05, 0.1) is 17.8 Å². The van der Waals surface area contributed by atoms with Gasteiger partial charge in [-0.2, -0.15) is 5.26 Å². The average Bonchev–Trinajstić information content (AvgIpc) is 3.03. The lowest BCUT2D eigenvalue weighted by Crippen LogP contribution is -2.37. The molecule has 1 saturated carbocycles. The van der Waals surface area contributed by atoms with E-state index >= 15 is 0 Å². The van der Waals surface area contributed by atoms with Crippen molar-refractivity contribution in [1.29, 1.82) is 5.26 Å². The van der Waals surface area contributed by atoms with Crippen LogP contribution in [0.1, 0.15) is 43.2 Å². The number of carbonyl (C=O) groups excluding carboxylic acids is 2. The van der Waals surface area contributed by atoms with Gasteiger partial charge in [-0.3, -0.25) is 9.59 Å². The van der Waals surface area contributed by atoms with Gasteiger partial charge in [-0.1, -0.05) is 67.3 Å². The maximum atomic E-state index is 13.4. The van der Waals surface area contributed by atoms with E-state index in [0.29, 0.717) is 16.3 Å². The zero-order valence-electron chi connectivity index (χ0n) is 16.5. The van der Waals surface area contributed by atoms with Crippen LogP contribution in [0.4, 0.5) is 5.69 Å². The third kappa shape index (κ3) is 3.83. The fourth-order valence-electron chi connectivity index (χ4n) is 4.20. The molecule has 0 spiro atoms. The third-order valence-electron chi connectivity index (χ3n) is 5.74. The summed E-state index contributed by atoms with van der Waals surface area (Å²) in [6, 6.07) is 16.6. The summed E-state index contributed by atoms with van der Waals surface area (Å²) in [5.41, 5.74) is 2.11. The van der Waals surface area contributed by atoms with Crippen molar-refractivity contribution in [2.45, 2.75) is 44.7 Å². The third-order valence-corrected chi connectivity index (χ3v) is 6.11. The van der Waals surface area contributed by atoms with Crippen molar-refractivity contribution < 1.29 is 9.59 Å². The van der Waals surface area contributed by atoms with Crippen LogP contribution in [-0.2, 0) is 16.1 Å². The summed E-state index contributed by atoms with van der Waals surface area (Å²) in [6.45, 7) is 0.266. The number of fused-ring (bicyclic) bond motifs is 1. The number of benzene rings is 2. The largest absolute Gasteiger partial charge is 0.349 e. The van der Waals surface area contributed by atoms with E-state index in [0.717, 1.165) is 31.2 Å². The van der Waals surface area contributed by atoms with E-state index in [4.69, 9.17) is 11.6 Å². The molecule has 0 saturated heterocycles. The molecular formula is C24H22ClN3O2. The number of nitriles is 1. The lowest BCUT2D eigenvalue weighted by molar-refractivity contribution is -0.118. The molecule has 0 atom stereocenters. The van der Waals surface area contributed by atoms with Crippen molar-refractivity contribution in [2.75, 3.05) is 4.90 Å². The van der Waals surface area contributed by atoms with Crippen molar-refractivity contribution in [3.63, 3.8) is 0 Å². The number of nitrogens with zero attached hydrogens (tertiary/aromatic N) is 2. The number of hydrogen-bond acceptors (Lipinski definition) is 3. The first-order valence-electron chi connectivity index (χ1n) is 10.2. The second-order valence-electron chi connectivity index (χ2n) is 7.67. The molecule has 2 aliphatic rings. The highest BCUT2D eigenvalue weighted by Crippen LogP contribution is 2.39. The molecule has 1 aliphatic heterocycles. The van der Waals surface area contributed by atoms with Crippen LogP contribution >= 0.6 is 11.6 Å². The number of carbonyl (C=O) groups is 2. The maximum absolute atomic E-state index is 13.4. The van der Waals surface area contributed by atoms with E-state index in [1.54, 1.807) is 23.1 Å². The molecule has 152 valence electrons. The molecule has 2 aromatic rings. The minimum atomic E-state index is -0.470. The summed E-state index contributed by atoms with van der Waals surface area (Å²) in [7, 11) is 0. The van der Waals surface area contributed by atoms with Crippen LogP contribution in [0.5, 0.6) is 0 Å². The fraction of sp³-hybridized carbons (Fsp3) is 0.292. The number of anilines is 1. The zero-order valence-corrected chi connectivity index (χ0v) is 17.3.